The van der Waals surface area contributed by atoms with E-state index < -0.39 is 75.7 Å². The fraction of sp³-hybridized carbons (Fsp3) is 0.696. The molecule has 0 spiro atoms. The van der Waals surface area contributed by atoms with Gasteiger partial charge in [-0.1, -0.05) is 157 Å². The molecular weight excluding hydrogens is 791 g/mol. The quantitative estimate of drug-likeness (QED) is 0.0153. The van der Waals surface area contributed by atoms with Crippen LogP contribution in [0.3, 0.4) is 0 Å². The number of rotatable bonds is 35. The lowest BCUT2D eigenvalue weighted by Gasteiger charge is -2.41. The van der Waals surface area contributed by atoms with Gasteiger partial charge in [0.15, 0.2) is 6.10 Å². The van der Waals surface area contributed by atoms with Crippen molar-refractivity contribution in [2.75, 3.05) is 13.2 Å². The van der Waals surface area contributed by atoms with Crippen LogP contribution in [0.2, 0.25) is 0 Å². The number of carbonyl (C=O) groups is 2. The Labute approximate surface area is 359 Å². The van der Waals surface area contributed by atoms with Crippen LogP contribution in [-0.4, -0.2) is 98.3 Å². The van der Waals surface area contributed by atoms with E-state index in [-0.39, 0.29) is 12.8 Å². The van der Waals surface area contributed by atoms with Gasteiger partial charge in [0.1, 0.15) is 43.2 Å². The van der Waals surface area contributed by atoms with E-state index in [4.69, 9.17) is 18.5 Å². The number of carbonyl (C=O) groups excluding carboxylic acids is 2. The molecule has 6 unspecified atom stereocenters. The van der Waals surface area contributed by atoms with Crippen molar-refractivity contribution in [2.24, 2.45) is 0 Å². The fourth-order valence-corrected chi connectivity index (χ4v) is 7.23. The summed E-state index contributed by atoms with van der Waals surface area (Å²) in [4.78, 5) is 35.6. The average Bonchev–Trinajstić information content (AvgIpc) is 3.23. The second-order valence-electron chi connectivity index (χ2n) is 15.2. The van der Waals surface area contributed by atoms with E-state index in [0.717, 1.165) is 51.4 Å². The first-order valence-corrected chi connectivity index (χ1v) is 23.7. The number of ether oxygens (including phenoxy) is 2. The molecule has 6 N–H and O–H groups in total. The minimum Gasteiger partial charge on any atom is -0.462 e. The first kappa shape index (κ1) is 55.3. The standard InChI is InChI=1S/C46H77O13P/c1-3-5-7-9-11-13-15-17-18-19-20-21-22-23-25-27-29-31-33-35-40(48)58-38(36-56-39(47)34-32-30-28-26-24-16-14-12-10-8-6-4-2)37-57-60(54,55)59-46-44(52)42(50)41(49)43(51)45(46)53/h5,7,11,13,17-18,20-21,23,25,29,31,38,41-46,49-53H,3-4,6,8-10,12,14-16,19,22,24,26-28,30,32-37H2,1-2H3,(H,54,55)/b7-5+,13-11+,18-17+,21-20+,25-23+,31-29+/t38-,41?,42+,43?,44?,45?,46?/m1/s1. The monoisotopic (exact) mass is 869 g/mol. The summed E-state index contributed by atoms with van der Waals surface area (Å²) in [5.74, 6) is -1.20. The van der Waals surface area contributed by atoms with Crippen LogP contribution in [0.1, 0.15) is 149 Å². The Kier molecular flexibility index (Phi) is 33.0. The smallest absolute Gasteiger partial charge is 0.462 e. The summed E-state index contributed by atoms with van der Waals surface area (Å²) in [6, 6.07) is 0. The van der Waals surface area contributed by atoms with E-state index in [2.05, 4.69) is 68.5 Å². The molecule has 1 fully saturated rings. The third-order valence-electron chi connectivity index (χ3n) is 9.83. The van der Waals surface area contributed by atoms with Gasteiger partial charge >= 0.3 is 19.8 Å². The zero-order valence-corrected chi connectivity index (χ0v) is 37.1. The first-order valence-electron chi connectivity index (χ1n) is 22.2. The summed E-state index contributed by atoms with van der Waals surface area (Å²) in [6.45, 7) is 3.10. The van der Waals surface area contributed by atoms with Gasteiger partial charge in [0.2, 0.25) is 0 Å². The number of phosphoric ester groups is 1. The van der Waals surface area contributed by atoms with Crippen LogP contribution in [0.15, 0.2) is 72.9 Å². The van der Waals surface area contributed by atoms with Crippen molar-refractivity contribution in [3.8, 4) is 0 Å². The van der Waals surface area contributed by atoms with Gasteiger partial charge in [0.25, 0.3) is 0 Å². The molecule has 0 saturated heterocycles. The molecule has 1 aliphatic carbocycles. The summed E-state index contributed by atoms with van der Waals surface area (Å²) in [5, 5.41) is 50.1. The third-order valence-corrected chi connectivity index (χ3v) is 10.8. The van der Waals surface area contributed by atoms with Gasteiger partial charge in [0, 0.05) is 12.8 Å². The molecule has 1 aliphatic rings. The van der Waals surface area contributed by atoms with Crippen molar-refractivity contribution in [3.63, 3.8) is 0 Å². The number of hydrogen-bond acceptors (Lipinski definition) is 12. The van der Waals surface area contributed by atoms with Gasteiger partial charge in [-0.05, 0) is 51.4 Å². The van der Waals surface area contributed by atoms with Crippen molar-refractivity contribution in [2.45, 2.75) is 191 Å². The Balaban J connectivity index is 2.54. The maximum Gasteiger partial charge on any atom is 0.472 e. The summed E-state index contributed by atoms with van der Waals surface area (Å²) in [7, 11) is -5.14. The van der Waals surface area contributed by atoms with Gasteiger partial charge in [-0.25, -0.2) is 4.57 Å². The minimum atomic E-state index is -5.14. The lowest BCUT2D eigenvalue weighted by atomic mass is 9.85. The predicted octanol–water partition coefficient (Wildman–Crippen LogP) is 8.33. The third kappa shape index (κ3) is 28.0. The molecule has 1 saturated carbocycles. The Morgan fingerprint density at radius 3 is 1.42 bits per heavy atom. The normalized spacial score (nSPS) is 22.9. The molecule has 0 heterocycles. The average molecular weight is 869 g/mol. The van der Waals surface area contributed by atoms with Crippen molar-refractivity contribution >= 4 is 19.8 Å². The highest BCUT2D eigenvalue weighted by Crippen LogP contribution is 2.47. The number of aliphatic hydroxyl groups excluding tert-OH is 5. The van der Waals surface area contributed by atoms with E-state index in [0.29, 0.717) is 19.3 Å². The number of hydrogen-bond donors (Lipinski definition) is 6. The van der Waals surface area contributed by atoms with Crippen molar-refractivity contribution in [1.29, 1.82) is 0 Å². The summed E-state index contributed by atoms with van der Waals surface area (Å²) < 4.78 is 33.4. The number of phosphoric acid groups is 1. The van der Waals surface area contributed by atoms with E-state index >= 15 is 0 Å². The van der Waals surface area contributed by atoms with Gasteiger partial charge in [0.05, 0.1) is 6.61 Å². The van der Waals surface area contributed by atoms with Crippen LogP contribution < -0.4 is 0 Å². The van der Waals surface area contributed by atoms with E-state index in [9.17, 15) is 44.6 Å². The lowest BCUT2D eigenvalue weighted by Crippen LogP contribution is -2.64. The molecule has 14 heteroatoms. The van der Waals surface area contributed by atoms with Crippen LogP contribution in [0.25, 0.3) is 0 Å². The number of allylic oxidation sites excluding steroid dienone is 12. The van der Waals surface area contributed by atoms with Crippen LogP contribution in [-0.2, 0) is 32.7 Å². The van der Waals surface area contributed by atoms with Crippen molar-refractivity contribution < 1.29 is 63.1 Å². The Hall–Kier alpha value is -2.71. The highest BCUT2D eigenvalue weighted by atomic mass is 31.2. The Morgan fingerprint density at radius 2 is 0.950 bits per heavy atom. The van der Waals surface area contributed by atoms with Gasteiger partial charge in [-0.15, -0.1) is 0 Å². The van der Waals surface area contributed by atoms with E-state index in [1.54, 1.807) is 0 Å². The molecule has 0 aromatic carbocycles. The molecule has 8 atom stereocenters. The number of unbranched alkanes of at least 4 members (excludes halogenated alkanes) is 11. The molecule has 0 aliphatic heterocycles. The molecule has 0 amide bonds. The van der Waals surface area contributed by atoms with Gasteiger partial charge in [-0.3, -0.25) is 18.6 Å². The Morgan fingerprint density at radius 1 is 0.533 bits per heavy atom. The van der Waals surface area contributed by atoms with Crippen molar-refractivity contribution in [3.05, 3.63) is 72.9 Å². The largest absolute Gasteiger partial charge is 0.472 e. The topological polar surface area (TPSA) is 210 Å². The molecular formula is C46H77O13P. The second-order valence-corrected chi connectivity index (χ2v) is 16.6. The molecule has 344 valence electrons. The zero-order chi connectivity index (χ0) is 44.3. The van der Waals surface area contributed by atoms with E-state index in [1.165, 1.54) is 51.4 Å². The highest BCUT2D eigenvalue weighted by Gasteiger charge is 2.51. The fourth-order valence-electron chi connectivity index (χ4n) is 6.25. The Bertz CT molecular complexity index is 1330. The van der Waals surface area contributed by atoms with Crippen LogP contribution in [0.5, 0.6) is 0 Å². The van der Waals surface area contributed by atoms with E-state index in [1.807, 2.05) is 18.2 Å². The molecule has 0 aromatic rings. The molecule has 0 aromatic heterocycles. The molecule has 0 radical (unpaired) electrons. The van der Waals surface area contributed by atoms with Gasteiger partial charge < -0.3 is 39.9 Å². The van der Waals surface area contributed by atoms with Crippen molar-refractivity contribution in [1.82, 2.24) is 0 Å². The second kappa shape index (κ2) is 35.8. The summed E-state index contributed by atoms with van der Waals surface area (Å²) >= 11 is 0. The number of aliphatic hydroxyl groups is 5. The van der Waals surface area contributed by atoms with Crippen LogP contribution in [0.4, 0.5) is 0 Å². The first-order chi connectivity index (χ1) is 28.9. The molecule has 1 rings (SSSR count). The lowest BCUT2D eigenvalue weighted by molar-refractivity contribution is -0.220. The highest BCUT2D eigenvalue weighted by molar-refractivity contribution is 7.47. The van der Waals surface area contributed by atoms with Crippen LogP contribution >= 0.6 is 7.82 Å². The molecule has 0 bridgehead atoms. The number of esters is 2. The van der Waals surface area contributed by atoms with Gasteiger partial charge in [-0.2, -0.15) is 0 Å². The maximum absolute atomic E-state index is 12.8. The SMILES string of the molecule is CC/C=C/C/C=C/C/C=C/C/C=C/C/C=C/C/C=C/CCC(=O)O[C@H](COC(=O)CCCCCCCCCCCCCC)COP(=O)(O)OC1C(O)C(O)C(O)[C@H](O)C1O. The molecule has 60 heavy (non-hydrogen) atoms. The molecule has 13 nitrogen and oxygen atoms in total. The maximum atomic E-state index is 12.8. The predicted molar refractivity (Wildman–Crippen MR) is 235 cm³/mol. The van der Waals surface area contributed by atoms with Crippen LogP contribution in [0, 0.1) is 0 Å². The summed E-state index contributed by atoms with van der Waals surface area (Å²) in [5.41, 5.74) is 0. The zero-order valence-electron chi connectivity index (χ0n) is 36.2. The summed E-state index contributed by atoms with van der Waals surface area (Å²) in [6.07, 6.45) is 31.2. The minimum absolute atomic E-state index is 0.0304.